The number of hydrogen-bond acceptors (Lipinski definition) is 5. The van der Waals surface area contributed by atoms with Gasteiger partial charge in [0.15, 0.2) is 0 Å². The molecule has 0 aliphatic carbocycles. The van der Waals surface area contributed by atoms with Crippen LogP contribution in [0.3, 0.4) is 0 Å². The monoisotopic (exact) mass is 359 g/mol. The van der Waals surface area contributed by atoms with Crippen molar-refractivity contribution in [1.82, 2.24) is 0 Å². The largest absolute Gasteiger partial charge is 0.478 e. The number of fused-ring (bicyclic) bond motifs is 1. The lowest BCUT2D eigenvalue weighted by molar-refractivity contribution is -0.110. The predicted molar refractivity (Wildman–Crippen MR) is 91.4 cm³/mol. The molecule has 0 spiro atoms. The summed E-state index contributed by atoms with van der Waals surface area (Å²) in [4.78, 5) is 23.1. The van der Waals surface area contributed by atoms with Gasteiger partial charge in [-0.25, -0.2) is 18.4 Å². The minimum atomic E-state index is -3.77. The zero-order chi connectivity index (χ0) is 18.2. The maximum absolute atomic E-state index is 12.1. The Kier molecular flexibility index (Phi) is 4.03. The number of carbonyl (C=O) groups is 2. The zero-order valence-electron chi connectivity index (χ0n) is 12.7. The van der Waals surface area contributed by atoms with Crippen LogP contribution in [0.2, 0.25) is 0 Å². The second kappa shape index (κ2) is 6.04. The van der Waals surface area contributed by atoms with E-state index < -0.39 is 16.0 Å². The van der Waals surface area contributed by atoms with Crippen LogP contribution in [0.15, 0.2) is 53.6 Å². The summed E-state index contributed by atoms with van der Waals surface area (Å²) in [5.41, 5.74) is 1.87. The first-order valence-corrected chi connectivity index (χ1v) is 8.59. The van der Waals surface area contributed by atoms with Crippen molar-refractivity contribution in [2.45, 2.75) is 4.90 Å². The van der Waals surface area contributed by atoms with Gasteiger partial charge >= 0.3 is 5.97 Å². The van der Waals surface area contributed by atoms with Crippen molar-refractivity contribution in [2.75, 3.05) is 10.6 Å². The first kappa shape index (κ1) is 16.7. The van der Waals surface area contributed by atoms with Crippen LogP contribution in [0.4, 0.5) is 11.4 Å². The number of carboxylic acids is 1. The number of nitrogens with one attached hydrogen (secondary N) is 2. The Hall–Kier alpha value is -3.17. The van der Waals surface area contributed by atoms with Crippen molar-refractivity contribution in [3.05, 3.63) is 59.8 Å². The second-order valence-corrected chi connectivity index (χ2v) is 6.85. The molecule has 1 aliphatic heterocycles. The number of nitrogens with two attached hydrogens (primary N) is 1. The molecule has 0 unspecified atom stereocenters. The number of carboxylic acid groups (broad SMARTS) is 1. The minimum Gasteiger partial charge on any atom is -0.478 e. The van der Waals surface area contributed by atoms with E-state index in [1.54, 1.807) is 0 Å². The molecule has 0 atom stereocenters. The Morgan fingerprint density at radius 1 is 1.16 bits per heavy atom. The summed E-state index contributed by atoms with van der Waals surface area (Å²) in [5.74, 6) is -1.46. The molecule has 128 valence electrons. The minimum absolute atomic E-state index is 0.0271. The van der Waals surface area contributed by atoms with Gasteiger partial charge in [-0.15, -0.1) is 0 Å². The highest BCUT2D eigenvalue weighted by Gasteiger charge is 2.25. The summed E-state index contributed by atoms with van der Waals surface area (Å²) < 4.78 is 22.4. The Morgan fingerprint density at radius 3 is 2.44 bits per heavy atom. The fourth-order valence-corrected chi connectivity index (χ4v) is 2.88. The molecular formula is C16H13N3O5S. The number of primary sulfonamides is 1. The average molecular weight is 359 g/mol. The predicted octanol–water partition coefficient (Wildman–Crippen LogP) is 1.44. The van der Waals surface area contributed by atoms with E-state index in [2.05, 4.69) is 10.6 Å². The molecule has 0 fully saturated rings. The lowest BCUT2D eigenvalue weighted by Gasteiger charge is -2.04. The smallest absolute Gasteiger partial charge is 0.335 e. The molecule has 3 rings (SSSR count). The molecule has 9 heteroatoms. The number of anilines is 2. The Labute approximate surface area is 143 Å². The van der Waals surface area contributed by atoms with Gasteiger partial charge in [0.05, 0.1) is 16.0 Å². The molecule has 0 radical (unpaired) electrons. The summed E-state index contributed by atoms with van der Waals surface area (Å²) in [5, 5.41) is 19.6. The van der Waals surface area contributed by atoms with Crippen molar-refractivity contribution in [2.24, 2.45) is 5.14 Å². The number of amides is 1. The van der Waals surface area contributed by atoms with Crippen LogP contribution >= 0.6 is 0 Å². The molecule has 0 bridgehead atoms. The Bertz CT molecular complexity index is 1010. The van der Waals surface area contributed by atoms with Crippen molar-refractivity contribution < 1.29 is 23.1 Å². The summed E-state index contributed by atoms with van der Waals surface area (Å²) in [6.45, 7) is 0. The van der Waals surface area contributed by atoms with E-state index in [0.29, 0.717) is 16.9 Å². The zero-order valence-corrected chi connectivity index (χ0v) is 13.5. The number of carbonyl (C=O) groups excluding carboxylic acids is 1. The SMILES string of the molecule is NS(=O)(=O)c1ccc(N/C=C2\C(=O)Nc3ccc(C(=O)O)cc32)cc1. The maximum atomic E-state index is 12.1. The maximum Gasteiger partial charge on any atom is 0.335 e. The van der Waals surface area contributed by atoms with E-state index in [1.165, 1.54) is 48.7 Å². The summed E-state index contributed by atoms with van der Waals surface area (Å²) >= 11 is 0. The van der Waals surface area contributed by atoms with Crippen molar-refractivity contribution in [1.29, 1.82) is 0 Å². The van der Waals surface area contributed by atoms with E-state index in [9.17, 15) is 18.0 Å². The highest BCUT2D eigenvalue weighted by Crippen LogP contribution is 2.32. The van der Waals surface area contributed by atoms with Gasteiger partial charge in [-0.2, -0.15) is 0 Å². The number of rotatable bonds is 4. The van der Waals surface area contributed by atoms with Gasteiger partial charge in [0, 0.05) is 23.1 Å². The van der Waals surface area contributed by atoms with Crippen molar-refractivity contribution >= 4 is 38.8 Å². The summed E-state index contributed by atoms with van der Waals surface area (Å²) in [6.07, 6.45) is 1.43. The van der Waals surface area contributed by atoms with Crippen molar-refractivity contribution in [3.8, 4) is 0 Å². The van der Waals surface area contributed by atoms with Crippen molar-refractivity contribution in [3.63, 3.8) is 0 Å². The van der Waals surface area contributed by atoms with Gasteiger partial charge in [0.2, 0.25) is 10.0 Å². The third kappa shape index (κ3) is 3.37. The van der Waals surface area contributed by atoms with Crippen LogP contribution in [-0.2, 0) is 14.8 Å². The second-order valence-electron chi connectivity index (χ2n) is 5.29. The lowest BCUT2D eigenvalue weighted by Crippen LogP contribution is -2.11. The van der Waals surface area contributed by atoms with E-state index >= 15 is 0 Å². The molecule has 0 saturated heterocycles. The van der Waals surface area contributed by atoms with Gasteiger partial charge in [0.25, 0.3) is 5.91 Å². The molecule has 2 aromatic carbocycles. The molecular weight excluding hydrogens is 346 g/mol. The van der Waals surface area contributed by atoms with Crippen LogP contribution in [0.5, 0.6) is 0 Å². The molecule has 25 heavy (non-hydrogen) atoms. The highest BCUT2D eigenvalue weighted by atomic mass is 32.2. The molecule has 8 nitrogen and oxygen atoms in total. The van der Waals surface area contributed by atoms with E-state index in [0.717, 1.165) is 0 Å². The fraction of sp³-hybridized carbons (Fsp3) is 0. The molecule has 0 saturated carbocycles. The molecule has 1 heterocycles. The van der Waals surface area contributed by atoms with Crippen LogP contribution < -0.4 is 15.8 Å². The normalized spacial score (nSPS) is 14.9. The van der Waals surface area contributed by atoms with Gasteiger partial charge in [0.1, 0.15) is 0 Å². The lowest BCUT2D eigenvalue weighted by atomic mass is 10.0. The standard InChI is InChI=1S/C16H13N3O5S/c17-25(23,24)11-4-2-10(3-5-11)18-8-13-12-7-9(16(21)22)1-6-14(12)19-15(13)20/h1-8,18H,(H,19,20)(H,21,22)(H2,17,23,24)/b13-8-. The summed E-state index contributed by atoms with van der Waals surface area (Å²) in [7, 11) is -3.77. The number of hydrogen-bond donors (Lipinski definition) is 4. The molecule has 1 amide bonds. The molecule has 5 N–H and O–H groups in total. The Balaban J connectivity index is 1.89. The number of aromatic carboxylic acids is 1. The topological polar surface area (TPSA) is 139 Å². The van der Waals surface area contributed by atoms with E-state index in [4.69, 9.17) is 10.2 Å². The van der Waals surface area contributed by atoms with Crippen LogP contribution in [0, 0.1) is 0 Å². The van der Waals surface area contributed by atoms with Gasteiger partial charge in [-0.3, -0.25) is 4.79 Å². The van der Waals surface area contributed by atoms with Crippen LogP contribution in [0.25, 0.3) is 5.57 Å². The molecule has 0 aromatic heterocycles. The highest BCUT2D eigenvalue weighted by molar-refractivity contribution is 7.89. The third-order valence-electron chi connectivity index (χ3n) is 3.62. The van der Waals surface area contributed by atoms with E-state index in [-0.39, 0.29) is 21.9 Å². The van der Waals surface area contributed by atoms with Gasteiger partial charge in [-0.05, 0) is 42.5 Å². The van der Waals surface area contributed by atoms with Gasteiger partial charge < -0.3 is 15.7 Å². The van der Waals surface area contributed by atoms with Gasteiger partial charge in [-0.1, -0.05) is 0 Å². The number of benzene rings is 2. The van der Waals surface area contributed by atoms with Crippen LogP contribution in [-0.4, -0.2) is 25.4 Å². The molecule has 1 aliphatic rings. The number of sulfonamides is 1. The average Bonchev–Trinajstić information content (AvgIpc) is 2.87. The first-order valence-electron chi connectivity index (χ1n) is 7.04. The first-order chi connectivity index (χ1) is 11.8. The quantitative estimate of drug-likeness (QED) is 0.609. The fourth-order valence-electron chi connectivity index (χ4n) is 2.36. The molecule has 2 aromatic rings. The van der Waals surface area contributed by atoms with E-state index in [1.807, 2.05) is 0 Å². The summed E-state index contributed by atoms with van der Waals surface area (Å²) in [6, 6.07) is 10.0. The third-order valence-corrected chi connectivity index (χ3v) is 4.54. The van der Waals surface area contributed by atoms with Crippen LogP contribution in [0.1, 0.15) is 15.9 Å². The Morgan fingerprint density at radius 2 is 1.84 bits per heavy atom.